The minimum Gasteiger partial charge on any atom is -0.497 e. The SMILES string of the molecule is CCC1[C@@H]2CN(C(=O)[C@H](C(C)(C)C)NC(=O)O[C@@H]3C[C@H]3CCCCC(F)(F)c3nc4ccc(OC)cc4nc3O2)[C@@H]1C(=O)N[C@]1(C(=O)NCS(=O)C2(C)CC2)C[C@H]1C(F)F. The summed E-state index contributed by atoms with van der Waals surface area (Å²) in [5.41, 5.74) is -3.42. The van der Waals surface area contributed by atoms with E-state index in [2.05, 4.69) is 25.9 Å². The van der Waals surface area contributed by atoms with Crippen LogP contribution in [0, 0.1) is 23.2 Å². The van der Waals surface area contributed by atoms with E-state index in [4.69, 9.17) is 14.2 Å². The zero-order valence-electron chi connectivity index (χ0n) is 34.7. The van der Waals surface area contributed by atoms with Crippen LogP contribution in [0.2, 0.25) is 0 Å². The summed E-state index contributed by atoms with van der Waals surface area (Å²) < 4.78 is 91.2. The van der Waals surface area contributed by atoms with Crippen molar-refractivity contribution in [2.75, 3.05) is 19.5 Å². The molecular weight excluding hydrogens is 813 g/mol. The maximum atomic E-state index is 16.4. The molecule has 330 valence electrons. The lowest BCUT2D eigenvalue weighted by atomic mass is 9.85. The summed E-state index contributed by atoms with van der Waals surface area (Å²) in [5.74, 6) is -9.18. The predicted octanol–water partition coefficient (Wildman–Crippen LogP) is 5.33. The van der Waals surface area contributed by atoms with E-state index in [1.807, 2.05) is 0 Å². The maximum absolute atomic E-state index is 16.4. The number of alkyl carbamates (subject to hydrolysis) is 1. The van der Waals surface area contributed by atoms with Crippen LogP contribution >= 0.6 is 0 Å². The number of rotatable bonds is 9. The van der Waals surface area contributed by atoms with E-state index < -0.39 is 123 Å². The highest BCUT2D eigenvalue weighted by Crippen LogP contribution is 2.49. The van der Waals surface area contributed by atoms with Crippen LogP contribution in [0.15, 0.2) is 18.2 Å². The van der Waals surface area contributed by atoms with Gasteiger partial charge in [0.05, 0.1) is 36.5 Å². The van der Waals surface area contributed by atoms with Crippen LogP contribution < -0.4 is 25.4 Å². The molecule has 2 aromatic rings. The molecule has 3 heterocycles. The number of halogens is 4. The number of aromatic nitrogens is 2. The fraction of sp³-hybridized carbons (Fsp3) is 0.707. The Morgan fingerprint density at radius 3 is 2.45 bits per heavy atom. The molecule has 2 bridgehead atoms. The van der Waals surface area contributed by atoms with Crippen molar-refractivity contribution in [2.45, 2.75) is 139 Å². The number of fused-ring (bicyclic) bond motifs is 5. The Bertz CT molecular complexity index is 2050. The van der Waals surface area contributed by atoms with Gasteiger partial charge in [-0.3, -0.25) is 18.6 Å². The Kier molecular flexibility index (Phi) is 11.8. The highest BCUT2D eigenvalue weighted by molar-refractivity contribution is 7.86. The molecule has 3 aliphatic carbocycles. The van der Waals surface area contributed by atoms with Crippen molar-refractivity contribution in [1.82, 2.24) is 30.8 Å². The van der Waals surface area contributed by atoms with E-state index in [1.54, 1.807) is 40.7 Å². The zero-order chi connectivity index (χ0) is 43.5. The fourth-order valence-corrected chi connectivity index (χ4v) is 9.69. The van der Waals surface area contributed by atoms with Crippen molar-refractivity contribution >= 4 is 45.6 Å². The van der Waals surface area contributed by atoms with E-state index in [1.165, 1.54) is 19.2 Å². The van der Waals surface area contributed by atoms with Crippen molar-refractivity contribution < 1.29 is 55.2 Å². The molecule has 2 unspecified atom stereocenters. The second-order valence-electron chi connectivity index (χ2n) is 18.3. The number of alkyl halides is 4. The summed E-state index contributed by atoms with van der Waals surface area (Å²) in [7, 11) is -0.0535. The lowest BCUT2D eigenvalue weighted by molar-refractivity contribution is -0.144. The van der Waals surface area contributed by atoms with Gasteiger partial charge in [0.15, 0.2) is 5.69 Å². The molecular formula is C41H54F4N6O8S. The number of carbonyl (C=O) groups excluding carboxylic acids is 4. The van der Waals surface area contributed by atoms with Gasteiger partial charge in [0.1, 0.15) is 35.6 Å². The second-order valence-corrected chi connectivity index (χ2v) is 20.2. The fourth-order valence-electron chi connectivity index (χ4n) is 8.52. The van der Waals surface area contributed by atoms with E-state index in [9.17, 15) is 32.2 Å². The molecule has 7 rings (SSSR count). The van der Waals surface area contributed by atoms with Crippen LogP contribution in [0.1, 0.15) is 98.1 Å². The van der Waals surface area contributed by atoms with Crippen LogP contribution in [0.25, 0.3) is 11.0 Å². The Balaban J connectivity index is 1.28. The van der Waals surface area contributed by atoms with E-state index >= 15 is 8.78 Å². The Labute approximate surface area is 348 Å². The average Bonchev–Trinajstić information content (AvgIpc) is 4.15. The number of hydrogen-bond acceptors (Lipinski definition) is 10. The summed E-state index contributed by atoms with van der Waals surface area (Å²) in [6.07, 6.45) is -3.42. The molecule has 14 nitrogen and oxygen atoms in total. The molecule has 4 fully saturated rings. The smallest absolute Gasteiger partial charge is 0.408 e. The van der Waals surface area contributed by atoms with Gasteiger partial charge in [0.25, 0.3) is 5.92 Å². The molecule has 3 N–H and O–H groups in total. The van der Waals surface area contributed by atoms with Crippen LogP contribution in [-0.4, -0.2) is 103 Å². The first kappa shape index (κ1) is 43.8. The first-order valence-corrected chi connectivity index (χ1v) is 22.0. The lowest BCUT2D eigenvalue weighted by Crippen LogP contribution is -2.61. The van der Waals surface area contributed by atoms with E-state index in [0.717, 1.165) is 4.90 Å². The predicted molar refractivity (Wildman–Crippen MR) is 211 cm³/mol. The molecule has 1 aromatic carbocycles. The number of nitrogens with one attached hydrogen (secondary N) is 3. The molecule has 1 aromatic heterocycles. The standard InChI is InChI=1S/C41H54F4N6O8S/c1-7-23-28-19-51(29(23)33(52)50-40(18-24(40)32(42)43)36(54)46-20-60(56)39(5)14-15-39)35(53)31(38(2,3)4)49-37(55)59-27-16-21(27)10-8-9-13-41(44,45)30-34(58-28)48-26-17-22(57-6)11-12-25(26)47-30/h11-12,17,21,23-24,27-29,31-32H,7-10,13-16,18-20H2,1-6H3,(H,46,54)(H,49,55)(H,50,52)/t21-,23?,24+,27-,28+,29+,31-,40-,60?/m1/s1. The first-order chi connectivity index (χ1) is 28.2. The highest BCUT2D eigenvalue weighted by Gasteiger charge is 2.66. The third-order valence-electron chi connectivity index (χ3n) is 12.8. The Morgan fingerprint density at radius 2 is 1.82 bits per heavy atom. The molecule has 1 saturated heterocycles. The zero-order valence-corrected chi connectivity index (χ0v) is 35.5. The van der Waals surface area contributed by atoms with Gasteiger partial charge in [-0.15, -0.1) is 0 Å². The number of methoxy groups -OCH3 is 1. The molecule has 0 radical (unpaired) electrons. The monoisotopic (exact) mass is 866 g/mol. The summed E-state index contributed by atoms with van der Waals surface area (Å²) in [6.45, 7) is 8.22. The van der Waals surface area contributed by atoms with E-state index in [-0.39, 0.29) is 42.2 Å². The number of hydrogen-bond donors (Lipinski definition) is 3. The molecule has 3 saturated carbocycles. The van der Waals surface area contributed by atoms with Gasteiger partial charge in [-0.05, 0) is 75.3 Å². The second kappa shape index (κ2) is 16.2. The van der Waals surface area contributed by atoms with Gasteiger partial charge in [0.2, 0.25) is 30.0 Å². The van der Waals surface area contributed by atoms with Crippen molar-refractivity contribution in [2.24, 2.45) is 23.2 Å². The molecule has 19 heteroatoms. The topological polar surface area (TPSA) is 178 Å². The van der Waals surface area contributed by atoms with Gasteiger partial charge in [-0.25, -0.2) is 23.5 Å². The average molecular weight is 867 g/mol. The quantitative estimate of drug-likeness (QED) is 0.279. The van der Waals surface area contributed by atoms with Gasteiger partial charge in [-0.1, -0.05) is 34.1 Å². The molecule has 60 heavy (non-hydrogen) atoms. The molecule has 9 atom stereocenters. The molecule has 0 spiro atoms. The molecule has 2 aliphatic heterocycles. The molecule has 4 amide bonds. The van der Waals surface area contributed by atoms with Gasteiger partial charge in [0, 0.05) is 34.0 Å². The summed E-state index contributed by atoms with van der Waals surface area (Å²) >= 11 is 0. The largest absolute Gasteiger partial charge is 0.497 e. The van der Waals surface area contributed by atoms with Crippen LogP contribution in [0.5, 0.6) is 11.6 Å². The normalized spacial score (nSPS) is 31.6. The van der Waals surface area contributed by atoms with Crippen LogP contribution in [0.3, 0.4) is 0 Å². The minimum atomic E-state index is -3.53. The van der Waals surface area contributed by atoms with Crippen LogP contribution in [-0.2, 0) is 35.8 Å². The number of ether oxygens (including phenoxy) is 3. The summed E-state index contributed by atoms with van der Waals surface area (Å²) in [5, 5.41) is 7.75. The van der Waals surface area contributed by atoms with Gasteiger partial charge in [-0.2, -0.15) is 8.78 Å². The maximum Gasteiger partial charge on any atom is 0.408 e. The van der Waals surface area contributed by atoms with Crippen LogP contribution in [0.4, 0.5) is 22.4 Å². The number of benzene rings is 1. The van der Waals surface area contributed by atoms with Crippen molar-refractivity contribution in [1.29, 1.82) is 0 Å². The molecule has 5 aliphatic rings. The van der Waals surface area contributed by atoms with Crippen molar-refractivity contribution in [3.8, 4) is 11.6 Å². The number of amides is 4. The number of nitrogens with zero attached hydrogens (tertiary/aromatic N) is 3. The van der Waals surface area contributed by atoms with Gasteiger partial charge >= 0.3 is 6.09 Å². The summed E-state index contributed by atoms with van der Waals surface area (Å²) in [6, 6.07) is 1.80. The summed E-state index contributed by atoms with van der Waals surface area (Å²) in [4.78, 5) is 66.5. The lowest BCUT2D eigenvalue weighted by Gasteiger charge is -2.36. The Morgan fingerprint density at radius 1 is 1.08 bits per heavy atom. The third-order valence-corrected chi connectivity index (χ3v) is 14.7. The minimum absolute atomic E-state index is 0.0418. The third kappa shape index (κ3) is 8.73. The van der Waals surface area contributed by atoms with Crippen molar-refractivity contribution in [3.63, 3.8) is 0 Å². The van der Waals surface area contributed by atoms with Crippen molar-refractivity contribution in [3.05, 3.63) is 23.9 Å². The Hall–Kier alpha value is -4.29. The first-order valence-electron chi connectivity index (χ1n) is 20.7. The van der Waals surface area contributed by atoms with E-state index in [0.29, 0.717) is 37.9 Å². The number of carbonyl (C=O) groups is 4. The van der Waals surface area contributed by atoms with Gasteiger partial charge < -0.3 is 35.1 Å². The highest BCUT2D eigenvalue weighted by atomic mass is 32.2.